The summed E-state index contributed by atoms with van der Waals surface area (Å²) in [6.07, 6.45) is 6.11. The van der Waals surface area contributed by atoms with Gasteiger partial charge in [-0.2, -0.15) is 5.10 Å². The van der Waals surface area contributed by atoms with Crippen LogP contribution >= 0.6 is 11.8 Å². The predicted molar refractivity (Wildman–Crippen MR) is 112 cm³/mol. The Morgan fingerprint density at radius 2 is 1.93 bits per heavy atom. The van der Waals surface area contributed by atoms with Crippen molar-refractivity contribution >= 4 is 35.5 Å². The van der Waals surface area contributed by atoms with Crippen LogP contribution in [0.4, 0.5) is 11.6 Å². The summed E-state index contributed by atoms with van der Waals surface area (Å²) >= 11 is 1.48. The van der Waals surface area contributed by atoms with Crippen LogP contribution in [0, 0.1) is 5.92 Å². The fourth-order valence-electron chi connectivity index (χ4n) is 3.80. The molecule has 0 saturated carbocycles. The molecule has 2 aliphatic rings. The summed E-state index contributed by atoms with van der Waals surface area (Å²) in [6, 6.07) is 11.9. The summed E-state index contributed by atoms with van der Waals surface area (Å²) in [5, 5.41) is 6.74. The van der Waals surface area contributed by atoms with Crippen molar-refractivity contribution in [3.63, 3.8) is 0 Å². The van der Waals surface area contributed by atoms with Crippen LogP contribution in [0.5, 0.6) is 0 Å². The number of aromatic nitrogens is 2. The molecule has 1 saturated heterocycles. The van der Waals surface area contributed by atoms with Crippen LogP contribution in [0.3, 0.4) is 0 Å². The Hall–Kier alpha value is -2.61. The molecule has 0 unspecified atom stereocenters. The minimum Gasteiger partial charge on any atom is -0.383 e. The normalized spacial score (nSPS) is 20.0. The average Bonchev–Trinajstić information content (AvgIpc) is 3.23. The van der Waals surface area contributed by atoms with Gasteiger partial charge in [0.25, 0.3) is 0 Å². The van der Waals surface area contributed by atoms with Crippen LogP contribution in [-0.4, -0.2) is 46.4 Å². The maximum Gasteiger partial charge on any atom is 0.246 e. The van der Waals surface area contributed by atoms with Crippen LogP contribution in [0.2, 0.25) is 0 Å². The largest absolute Gasteiger partial charge is 0.383 e. The fraction of sp³-hybridized carbons (Fsp3) is 0.400. The molecule has 0 bridgehead atoms. The molecule has 1 amide bonds. The lowest BCUT2D eigenvalue weighted by atomic mass is 9.94. The van der Waals surface area contributed by atoms with Gasteiger partial charge in [-0.25, -0.2) is 15.0 Å². The van der Waals surface area contributed by atoms with Crippen LogP contribution in [-0.2, 0) is 4.79 Å². The van der Waals surface area contributed by atoms with E-state index in [0.717, 1.165) is 43.7 Å². The van der Waals surface area contributed by atoms with Crippen molar-refractivity contribution in [3.05, 3.63) is 42.0 Å². The van der Waals surface area contributed by atoms with Gasteiger partial charge in [-0.15, -0.1) is 0 Å². The molecule has 8 heteroatoms. The predicted octanol–water partition coefficient (Wildman–Crippen LogP) is 2.96. The van der Waals surface area contributed by atoms with Gasteiger partial charge in [0.2, 0.25) is 5.91 Å². The number of piperidine rings is 1. The molecule has 1 aromatic heterocycles. The van der Waals surface area contributed by atoms with Crippen molar-refractivity contribution in [1.29, 1.82) is 0 Å². The van der Waals surface area contributed by atoms with Gasteiger partial charge in [0, 0.05) is 37.7 Å². The van der Waals surface area contributed by atoms with Crippen molar-refractivity contribution in [3.8, 4) is 0 Å². The Morgan fingerprint density at radius 3 is 2.64 bits per heavy atom. The van der Waals surface area contributed by atoms with Gasteiger partial charge in [0.05, 0.1) is 6.04 Å². The molecular weight excluding hydrogens is 372 g/mol. The van der Waals surface area contributed by atoms with E-state index in [2.05, 4.69) is 32.1 Å². The molecule has 3 heterocycles. The number of benzene rings is 1. The van der Waals surface area contributed by atoms with Gasteiger partial charge in [0.1, 0.15) is 11.6 Å². The lowest BCUT2D eigenvalue weighted by Gasteiger charge is -2.34. The van der Waals surface area contributed by atoms with Gasteiger partial charge in [-0.05, 0) is 24.7 Å². The molecule has 2 aliphatic heterocycles. The Balaban J connectivity index is 1.41. The van der Waals surface area contributed by atoms with E-state index in [-0.39, 0.29) is 17.9 Å². The molecule has 1 fully saturated rings. The van der Waals surface area contributed by atoms with E-state index in [4.69, 9.17) is 5.73 Å². The van der Waals surface area contributed by atoms with E-state index < -0.39 is 0 Å². The molecule has 0 radical (unpaired) electrons. The second-order valence-corrected chi connectivity index (χ2v) is 7.82. The molecule has 2 N–H and O–H groups in total. The van der Waals surface area contributed by atoms with E-state index in [9.17, 15) is 4.79 Å². The number of hydrogen-bond acceptors (Lipinski definition) is 7. The minimum absolute atomic E-state index is 0.0116. The Bertz CT molecular complexity index is 866. The number of thioether (sulfide) groups is 1. The zero-order chi connectivity index (χ0) is 19.5. The summed E-state index contributed by atoms with van der Waals surface area (Å²) < 4.78 is 0. The van der Waals surface area contributed by atoms with E-state index in [1.165, 1.54) is 11.8 Å². The molecule has 4 rings (SSSR count). The Labute approximate surface area is 169 Å². The third kappa shape index (κ3) is 3.82. The SMILES string of the molecule is CSc1nc(N)cc(N2CCC(C(=O)N3N=CC[C@H]3c3ccccc3)CC2)n1. The third-order valence-corrected chi connectivity index (χ3v) is 5.85. The highest BCUT2D eigenvalue weighted by atomic mass is 32.2. The molecule has 28 heavy (non-hydrogen) atoms. The molecule has 146 valence electrons. The number of nitrogens with zero attached hydrogens (tertiary/aromatic N) is 5. The number of anilines is 2. The van der Waals surface area contributed by atoms with E-state index in [1.807, 2.05) is 30.7 Å². The second-order valence-electron chi connectivity index (χ2n) is 7.04. The first-order chi connectivity index (χ1) is 13.7. The quantitative estimate of drug-likeness (QED) is 0.631. The second kappa shape index (κ2) is 8.18. The Kier molecular flexibility index (Phi) is 5.47. The monoisotopic (exact) mass is 396 g/mol. The first kappa shape index (κ1) is 18.7. The van der Waals surface area contributed by atoms with E-state index >= 15 is 0 Å². The third-order valence-electron chi connectivity index (χ3n) is 5.30. The molecule has 0 spiro atoms. The number of amides is 1. The molecule has 1 aromatic carbocycles. The molecule has 2 aromatic rings. The van der Waals surface area contributed by atoms with E-state index in [1.54, 1.807) is 11.1 Å². The molecule has 7 nitrogen and oxygen atoms in total. The van der Waals surface area contributed by atoms with Crippen LogP contribution in [0.15, 0.2) is 46.7 Å². The lowest BCUT2D eigenvalue weighted by Crippen LogP contribution is -2.41. The first-order valence-electron chi connectivity index (χ1n) is 9.49. The van der Waals surface area contributed by atoms with Crippen LogP contribution in [0.1, 0.15) is 30.9 Å². The summed E-state index contributed by atoms with van der Waals surface area (Å²) in [5.41, 5.74) is 7.03. The number of nitrogens with two attached hydrogens (primary N) is 1. The number of carbonyl (C=O) groups is 1. The van der Waals surface area contributed by atoms with Gasteiger partial charge < -0.3 is 10.6 Å². The number of nitrogen functional groups attached to an aromatic ring is 1. The van der Waals surface area contributed by atoms with Gasteiger partial charge in [0.15, 0.2) is 5.16 Å². The topological polar surface area (TPSA) is 87.7 Å². The Morgan fingerprint density at radius 1 is 1.18 bits per heavy atom. The van der Waals surface area contributed by atoms with Crippen molar-refractivity contribution in [2.75, 3.05) is 30.0 Å². The zero-order valence-electron chi connectivity index (χ0n) is 15.9. The number of hydrogen-bond donors (Lipinski definition) is 1. The summed E-state index contributed by atoms with van der Waals surface area (Å²) in [4.78, 5) is 24.1. The lowest BCUT2D eigenvalue weighted by molar-refractivity contribution is -0.138. The number of rotatable bonds is 4. The van der Waals surface area contributed by atoms with E-state index in [0.29, 0.717) is 11.0 Å². The highest BCUT2D eigenvalue weighted by Gasteiger charge is 2.34. The standard InChI is InChI=1S/C20H24N6OS/c1-28-20-23-17(21)13-18(24-20)25-11-8-15(9-12-25)19(27)26-16(7-10-22-26)14-5-3-2-4-6-14/h2-6,10,13,15-16H,7-9,11-12H2,1H3,(H2,21,23,24)/t16-/m0/s1. The van der Waals surface area contributed by atoms with Crippen LogP contribution < -0.4 is 10.6 Å². The number of hydrazone groups is 1. The average molecular weight is 397 g/mol. The zero-order valence-corrected chi connectivity index (χ0v) is 16.7. The smallest absolute Gasteiger partial charge is 0.246 e. The molecular formula is C20H24N6OS. The van der Waals surface area contributed by atoms with Gasteiger partial charge >= 0.3 is 0 Å². The van der Waals surface area contributed by atoms with Crippen molar-refractivity contribution in [2.24, 2.45) is 11.0 Å². The number of carbonyl (C=O) groups excluding carboxylic acids is 1. The van der Waals surface area contributed by atoms with Crippen molar-refractivity contribution in [1.82, 2.24) is 15.0 Å². The molecule has 0 aliphatic carbocycles. The highest BCUT2D eigenvalue weighted by Crippen LogP contribution is 2.32. The fourth-order valence-corrected chi connectivity index (χ4v) is 4.19. The highest BCUT2D eigenvalue weighted by molar-refractivity contribution is 7.98. The van der Waals surface area contributed by atoms with Crippen molar-refractivity contribution < 1.29 is 4.79 Å². The summed E-state index contributed by atoms with van der Waals surface area (Å²) in [6.45, 7) is 1.54. The minimum atomic E-state index is -0.0167. The molecule has 1 atom stereocenters. The maximum absolute atomic E-state index is 13.1. The summed E-state index contributed by atoms with van der Waals surface area (Å²) in [5.74, 6) is 1.42. The van der Waals surface area contributed by atoms with Crippen LogP contribution in [0.25, 0.3) is 0 Å². The summed E-state index contributed by atoms with van der Waals surface area (Å²) in [7, 11) is 0. The van der Waals surface area contributed by atoms with Crippen molar-refractivity contribution in [2.45, 2.75) is 30.5 Å². The maximum atomic E-state index is 13.1. The van der Waals surface area contributed by atoms with Gasteiger partial charge in [-0.3, -0.25) is 4.79 Å². The van der Waals surface area contributed by atoms with Gasteiger partial charge in [-0.1, -0.05) is 42.1 Å². The first-order valence-corrected chi connectivity index (χ1v) is 10.7.